The number of hydrogen-bond donors (Lipinski definition) is 1. The Morgan fingerprint density at radius 2 is 1.95 bits per heavy atom. The van der Waals surface area contributed by atoms with Gasteiger partial charge < -0.3 is 9.64 Å². The predicted molar refractivity (Wildman–Crippen MR) is 75.7 cm³/mol. The second-order valence-corrected chi connectivity index (χ2v) is 6.42. The van der Waals surface area contributed by atoms with E-state index in [1.165, 1.54) is 14.1 Å². The maximum atomic E-state index is 11.8. The van der Waals surface area contributed by atoms with Gasteiger partial charge >= 0.3 is 10.2 Å². The van der Waals surface area contributed by atoms with Gasteiger partial charge in [-0.3, -0.25) is 4.72 Å². The first-order chi connectivity index (χ1) is 8.99. The number of anilines is 2. The van der Waals surface area contributed by atoms with Crippen molar-refractivity contribution in [3.63, 3.8) is 0 Å². The average molecular weight is 285 g/mol. The zero-order valence-electron chi connectivity index (χ0n) is 11.2. The standard InChI is InChI=1S/C12H19N3O3S/c1-14(2)19(16,17)13-11-4-3-5-12(10-11)15-6-8-18-9-7-15/h3-5,10,13H,6-9H2,1-2H3. The van der Waals surface area contributed by atoms with E-state index < -0.39 is 10.2 Å². The summed E-state index contributed by atoms with van der Waals surface area (Å²) in [4.78, 5) is 2.18. The van der Waals surface area contributed by atoms with Crippen LogP contribution in [0, 0.1) is 0 Å². The Morgan fingerprint density at radius 3 is 2.58 bits per heavy atom. The van der Waals surface area contributed by atoms with Crippen LogP contribution in [-0.2, 0) is 14.9 Å². The lowest BCUT2D eigenvalue weighted by Crippen LogP contribution is -2.36. The van der Waals surface area contributed by atoms with Crippen LogP contribution in [0.15, 0.2) is 24.3 Å². The van der Waals surface area contributed by atoms with Gasteiger partial charge in [-0.25, -0.2) is 0 Å². The van der Waals surface area contributed by atoms with Gasteiger partial charge in [-0.05, 0) is 18.2 Å². The van der Waals surface area contributed by atoms with Crippen molar-refractivity contribution in [3.8, 4) is 0 Å². The molecule has 1 heterocycles. The van der Waals surface area contributed by atoms with Crippen LogP contribution in [0.2, 0.25) is 0 Å². The van der Waals surface area contributed by atoms with Gasteiger partial charge in [-0.2, -0.15) is 12.7 Å². The summed E-state index contributed by atoms with van der Waals surface area (Å²) in [5, 5.41) is 0. The van der Waals surface area contributed by atoms with Gasteiger partial charge in [0, 0.05) is 32.9 Å². The first-order valence-electron chi connectivity index (χ1n) is 6.12. The molecule has 1 aliphatic heterocycles. The van der Waals surface area contributed by atoms with Crippen LogP contribution in [0.1, 0.15) is 0 Å². The first-order valence-corrected chi connectivity index (χ1v) is 7.56. The van der Waals surface area contributed by atoms with Crippen molar-refractivity contribution >= 4 is 21.6 Å². The number of hydrogen-bond acceptors (Lipinski definition) is 4. The maximum absolute atomic E-state index is 11.8. The zero-order valence-corrected chi connectivity index (χ0v) is 12.0. The third-order valence-electron chi connectivity index (χ3n) is 2.95. The Morgan fingerprint density at radius 1 is 1.26 bits per heavy atom. The first kappa shape index (κ1) is 14.1. The second kappa shape index (κ2) is 5.77. The number of nitrogens with zero attached hydrogens (tertiary/aromatic N) is 2. The molecule has 0 spiro atoms. The highest BCUT2D eigenvalue weighted by atomic mass is 32.2. The third-order valence-corrected chi connectivity index (χ3v) is 4.41. The van der Waals surface area contributed by atoms with Gasteiger partial charge in [-0.15, -0.1) is 0 Å². The topological polar surface area (TPSA) is 61.9 Å². The van der Waals surface area contributed by atoms with E-state index in [1.54, 1.807) is 6.07 Å². The minimum atomic E-state index is -3.46. The Balaban J connectivity index is 2.15. The highest BCUT2D eigenvalue weighted by Crippen LogP contribution is 2.21. The normalized spacial score (nSPS) is 16.7. The summed E-state index contributed by atoms with van der Waals surface area (Å²) < 4.78 is 32.5. The van der Waals surface area contributed by atoms with Crippen LogP contribution in [0.3, 0.4) is 0 Å². The van der Waals surface area contributed by atoms with Crippen LogP contribution >= 0.6 is 0 Å². The molecule has 2 rings (SSSR count). The van der Waals surface area contributed by atoms with Crippen molar-refractivity contribution in [1.82, 2.24) is 4.31 Å². The molecule has 1 N–H and O–H groups in total. The van der Waals surface area contributed by atoms with Gasteiger partial charge in [-0.1, -0.05) is 6.07 Å². The Kier molecular flexibility index (Phi) is 4.28. The molecule has 0 aliphatic carbocycles. The molecule has 19 heavy (non-hydrogen) atoms. The van der Waals surface area contributed by atoms with Crippen molar-refractivity contribution in [2.75, 3.05) is 50.0 Å². The summed E-state index contributed by atoms with van der Waals surface area (Å²) in [6.45, 7) is 3.05. The molecule has 1 aromatic carbocycles. The molecule has 1 aliphatic rings. The maximum Gasteiger partial charge on any atom is 0.301 e. The fourth-order valence-electron chi connectivity index (χ4n) is 1.83. The summed E-state index contributed by atoms with van der Waals surface area (Å²) >= 11 is 0. The van der Waals surface area contributed by atoms with Crippen molar-refractivity contribution in [3.05, 3.63) is 24.3 Å². The van der Waals surface area contributed by atoms with Gasteiger partial charge in [0.15, 0.2) is 0 Å². The lowest BCUT2D eigenvalue weighted by Gasteiger charge is -2.29. The Hall–Kier alpha value is -1.31. The molecule has 1 aromatic rings. The van der Waals surface area contributed by atoms with E-state index in [1.807, 2.05) is 18.2 Å². The number of rotatable bonds is 4. The molecule has 6 nitrogen and oxygen atoms in total. The molecule has 0 atom stereocenters. The third kappa shape index (κ3) is 3.59. The van der Waals surface area contributed by atoms with Gasteiger partial charge in [0.1, 0.15) is 0 Å². The van der Waals surface area contributed by atoms with Crippen LogP contribution in [-0.4, -0.2) is 53.1 Å². The highest BCUT2D eigenvalue weighted by Gasteiger charge is 2.15. The molecule has 1 saturated heterocycles. The zero-order chi connectivity index (χ0) is 13.9. The van der Waals surface area contributed by atoms with Crippen LogP contribution < -0.4 is 9.62 Å². The summed E-state index contributed by atoms with van der Waals surface area (Å²) in [6, 6.07) is 7.40. The monoisotopic (exact) mass is 285 g/mol. The molecule has 0 aromatic heterocycles. The smallest absolute Gasteiger partial charge is 0.301 e. The molecule has 1 fully saturated rings. The van der Waals surface area contributed by atoms with Crippen molar-refractivity contribution < 1.29 is 13.2 Å². The lowest BCUT2D eigenvalue weighted by molar-refractivity contribution is 0.122. The molecule has 0 amide bonds. The van der Waals surface area contributed by atoms with E-state index in [9.17, 15) is 8.42 Å². The molecular weight excluding hydrogens is 266 g/mol. The van der Waals surface area contributed by atoms with Crippen molar-refractivity contribution in [2.24, 2.45) is 0 Å². The minimum absolute atomic E-state index is 0.567. The fraction of sp³-hybridized carbons (Fsp3) is 0.500. The number of morpholine rings is 1. The molecular formula is C12H19N3O3S. The fourth-order valence-corrected chi connectivity index (χ4v) is 2.44. The molecule has 106 valence electrons. The van der Waals surface area contributed by atoms with Gasteiger partial charge in [0.25, 0.3) is 0 Å². The summed E-state index contributed by atoms with van der Waals surface area (Å²) in [5.41, 5.74) is 1.57. The van der Waals surface area contributed by atoms with E-state index in [-0.39, 0.29) is 0 Å². The average Bonchev–Trinajstić information content (AvgIpc) is 2.39. The Bertz CT molecular complexity index is 525. The van der Waals surface area contributed by atoms with E-state index in [2.05, 4.69) is 9.62 Å². The largest absolute Gasteiger partial charge is 0.378 e. The number of nitrogens with one attached hydrogen (secondary N) is 1. The van der Waals surface area contributed by atoms with Gasteiger partial charge in [0.2, 0.25) is 0 Å². The van der Waals surface area contributed by atoms with E-state index in [0.717, 1.165) is 23.1 Å². The highest BCUT2D eigenvalue weighted by molar-refractivity contribution is 7.90. The number of benzene rings is 1. The van der Waals surface area contributed by atoms with E-state index in [4.69, 9.17) is 4.74 Å². The quantitative estimate of drug-likeness (QED) is 0.886. The Labute approximate surface area is 114 Å². The number of ether oxygens (including phenoxy) is 1. The second-order valence-electron chi connectivity index (χ2n) is 4.54. The van der Waals surface area contributed by atoms with E-state index in [0.29, 0.717) is 18.9 Å². The molecule has 0 saturated carbocycles. The summed E-state index contributed by atoms with van der Waals surface area (Å²) in [5.74, 6) is 0. The van der Waals surface area contributed by atoms with Crippen LogP contribution in [0.5, 0.6) is 0 Å². The summed E-state index contributed by atoms with van der Waals surface area (Å²) in [6.07, 6.45) is 0. The van der Waals surface area contributed by atoms with Crippen molar-refractivity contribution in [1.29, 1.82) is 0 Å². The molecule has 0 bridgehead atoms. The van der Waals surface area contributed by atoms with Crippen LogP contribution in [0.25, 0.3) is 0 Å². The van der Waals surface area contributed by atoms with Crippen molar-refractivity contribution in [2.45, 2.75) is 0 Å². The predicted octanol–water partition coefficient (Wildman–Crippen LogP) is 0.741. The van der Waals surface area contributed by atoms with Crippen LogP contribution in [0.4, 0.5) is 11.4 Å². The SMILES string of the molecule is CN(C)S(=O)(=O)Nc1cccc(N2CCOCC2)c1. The summed E-state index contributed by atoms with van der Waals surface area (Å²) in [7, 11) is -0.470. The van der Waals surface area contributed by atoms with E-state index >= 15 is 0 Å². The minimum Gasteiger partial charge on any atom is -0.378 e. The lowest BCUT2D eigenvalue weighted by atomic mass is 10.2. The van der Waals surface area contributed by atoms with Gasteiger partial charge in [0.05, 0.1) is 18.9 Å². The molecule has 0 unspecified atom stereocenters. The molecule has 0 radical (unpaired) electrons. The molecule has 7 heteroatoms.